The van der Waals surface area contributed by atoms with Crippen molar-refractivity contribution in [1.29, 1.82) is 5.26 Å². The quantitative estimate of drug-likeness (QED) is 0.696. The first-order chi connectivity index (χ1) is 10.1. The fourth-order valence-electron chi connectivity index (χ4n) is 1.98. The number of nitrogens with two attached hydrogens (primary N) is 1. The molecule has 2 aromatic carbocycles. The lowest BCUT2D eigenvalue weighted by molar-refractivity contribution is 0.0766. The number of halogens is 1. The van der Waals surface area contributed by atoms with E-state index in [0.29, 0.717) is 17.1 Å². The average Bonchev–Trinajstić information content (AvgIpc) is 2.50. The third-order valence-electron chi connectivity index (χ3n) is 3.05. The number of carbonyl (C=O) groups excluding carboxylic acids is 1. The van der Waals surface area contributed by atoms with Crippen LogP contribution in [0.4, 0.5) is 5.69 Å². The summed E-state index contributed by atoms with van der Waals surface area (Å²) >= 11 is 5.94. The number of hydrogen-bond donors (Lipinski definition) is 1. The van der Waals surface area contributed by atoms with Gasteiger partial charge in [-0.05, 0) is 17.7 Å². The van der Waals surface area contributed by atoms with Gasteiger partial charge in [-0.15, -0.1) is 0 Å². The van der Waals surface area contributed by atoms with Gasteiger partial charge in [-0.3, -0.25) is 4.79 Å². The Morgan fingerprint density at radius 1 is 1.19 bits per heavy atom. The largest absolute Gasteiger partial charge is 0.397 e. The summed E-state index contributed by atoms with van der Waals surface area (Å²) in [5, 5.41) is 9.26. The molecule has 4 nitrogen and oxygen atoms in total. The predicted octanol–water partition coefficient (Wildman–Crippen LogP) is 3.09. The zero-order valence-corrected chi connectivity index (χ0v) is 12.0. The van der Waals surface area contributed by atoms with Gasteiger partial charge in [-0.1, -0.05) is 48.0 Å². The van der Waals surface area contributed by atoms with E-state index in [2.05, 4.69) is 0 Å². The van der Waals surface area contributed by atoms with Crippen LogP contribution in [0.15, 0.2) is 48.5 Å². The van der Waals surface area contributed by atoms with Crippen molar-refractivity contribution in [3.05, 3.63) is 64.7 Å². The first-order valence-electron chi connectivity index (χ1n) is 6.37. The number of carbonyl (C=O) groups is 1. The first-order valence-corrected chi connectivity index (χ1v) is 6.75. The summed E-state index contributed by atoms with van der Waals surface area (Å²) in [5.74, 6) is -0.305. The standard InChI is InChI=1S/C16H14ClN3O/c17-14-8-4-7-13(15(14)19)16(21)20(10-9-18)11-12-5-2-1-3-6-12/h1-8H,10-11,19H2. The molecule has 0 spiro atoms. The molecule has 5 heteroatoms. The topological polar surface area (TPSA) is 70.1 Å². The Bertz CT molecular complexity index is 680. The molecule has 0 bridgehead atoms. The van der Waals surface area contributed by atoms with Crippen molar-refractivity contribution in [2.24, 2.45) is 0 Å². The third-order valence-corrected chi connectivity index (χ3v) is 3.38. The summed E-state index contributed by atoms with van der Waals surface area (Å²) in [5.41, 5.74) is 7.34. The minimum absolute atomic E-state index is 0.0142. The van der Waals surface area contributed by atoms with Crippen molar-refractivity contribution in [1.82, 2.24) is 4.90 Å². The van der Waals surface area contributed by atoms with Gasteiger partial charge in [0, 0.05) is 6.54 Å². The van der Waals surface area contributed by atoms with E-state index < -0.39 is 0 Å². The molecule has 0 radical (unpaired) electrons. The highest BCUT2D eigenvalue weighted by atomic mass is 35.5. The number of rotatable bonds is 4. The van der Waals surface area contributed by atoms with E-state index in [1.54, 1.807) is 18.2 Å². The molecule has 0 heterocycles. The molecule has 0 aliphatic carbocycles. The number of para-hydroxylation sites is 1. The molecule has 21 heavy (non-hydrogen) atoms. The second kappa shape index (κ2) is 6.78. The Morgan fingerprint density at radius 3 is 2.57 bits per heavy atom. The molecule has 1 amide bonds. The fraction of sp³-hybridized carbons (Fsp3) is 0.125. The Hall–Kier alpha value is -2.51. The summed E-state index contributed by atoms with van der Waals surface area (Å²) in [6.07, 6.45) is 0. The Labute approximate surface area is 128 Å². The molecular weight excluding hydrogens is 286 g/mol. The smallest absolute Gasteiger partial charge is 0.257 e. The van der Waals surface area contributed by atoms with Crippen LogP contribution in [-0.2, 0) is 6.54 Å². The normalized spacial score (nSPS) is 9.90. The summed E-state index contributed by atoms with van der Waals surface area (Å²) in [7, 11) is 0. The van der Waals surface area contributed by atoms with Crippen LogP contribution in [0.25, 0.3) is 0 Å². The minimum atomic E-state index is -0.305. The maximum Gasteiger partial charge on any atom is 0.257 e. The molecule has 0 aliphatic rings. The highest BCUT2D eigenvalue weighted by Gasteiger charge is 2.19. The van der Waals surface area contributed by atoms with Crippen molar-refractivity contribution in [3.63, 3.8) is 0 Å². The van der Waals surface area contributed by atoms with Crippen LogP contribution >= 0.6 is 11.6 Å². The Morgan fingerprint density at radius 2 is 1.90 bits per heavy atom. The minimum Gasteiger partial charge on any atom is -0.397 e. The lowest BCUT2D eigenvalue weighted by Gasteiger charge is -2.20. The molecule has 106 valence electrons. The van der Waals surface area contributed by atoms with Crippen LogP contribution in [0, 0.1) is 11.3 Å². The molecular formula is C16H14ClN3O. The van der Waals surface area contributed by atoms with Crippen LogP contribution in [0.2, 0.25) is 5.02 Å². The van der Waals surface area contributed by atoms with E-state index in [-0.39, 0.29) is 18.1 Å². The maximum absolute atomic E-state index is 12.5. The van der Waals surface area contributed by atoms with Crippen LogP contribution in [0.5, 0.6) is 0 Å². The van der Waals surface area contributed by atoms with E-state index >= 15 is 0 Å². The molecule has 0 aliphatic heterocycles. The molecule has 2 aromatic rings. The second-order valence-electron chi connectivity index (χ2n) is 4.51. The lowest BCUT2D eigenvalue weighted by atomic mass is 10.1. The van der Waals surface area contributed by atoms with Gasteiger partial charge in [0.2, 0.25) is 0 Å². The molecule has 2 N–H and O–H groups in total. The summed E-state index contributed by atoms with van der Waals surface area (Å²) in [4.78, 5) is 14.0. The molecule has 0 fully saturated rings. The predicted molar refractivity (Wildman–Crippen MR) is 82.7 cm³/mol. The lowest BCUT2D eigenvalue weighted by Crippen LogP contribution is -2.31. The summed E-state index contributed by atoms with van der Waals surface area (Å²) in [6, 6.07) is 16.4. The number of nitrogens with zero attached hydrogens (tertiary/aromatic N) is 2. The molecule has 2 rings (SSSR count). The third kappa shape index (κ3) is 3.53. The number of amides is 1. The van der Waals surface area contributed by atoms with Crippen LogP contribution in [0.1, 0.15) is 15.9 Å². The van der Waals surface area contributed by atoms with Crippen molar-refractivity contribution >= 4 is 23.2 Å². The van der Waals surface area contributed by atoms with Crippen LogP contribution < -0.4 is 5.73 Å². The van der Waals surface area contributed by atoms with Gasteiger partial charge in [0.05, 0.1) is 22.3 Å². The number of benzene rings is 2. The molecule has 0 atom stereocenters. The average molecular weight is 300 g/mol. The van der Waals surface area contributed by atoms with Gasteiger partial charge in [0.1, 0.15) is 6.54 Å². The maximum atomic E-state index is 12.5. The molecule has 0 aromatic heterocycles. The number of hydrogen-bond acceptors (Lipinski definition) is 3. The van der Waals surface area contributed by atoms with Gasteiger partial charge in [-0.2, -0.15) is 5.26 Å². The van der Waals surface area contributed by atoms with Crippen molar-refractivity contribution in [2.75, 3.05) is 12.3 Å². The van der Waals surface area contributed by atoms with Crippen molar-refractivity contribution < 1.29 is 4.79 Å². The first kappa shape index (κ1) is 14.9. The van der Waals surface area contributed by atoms with Gasteiger partial charge in [0.15, 0.2) is 0 Å². The Kier molecular flexibility index (Phi) is 4.81. The Balaban J connectivity index is 2.28. The van der Waals surface area contributed by atoms with Crippen LogP contribution in [-0.4, -0.2) is 17.4 Å². The summed E-state index contributed by atoms with van der Waals surface area (Å²) < 4.78 is 0. The second-order valence-corrected chi connectivity index (χ2v) is 4.91. The molecule has 0 saturated carbocycles. The van der Waals surface area contributed by atoms with E-state index in [1.165, 1.54) is 4.90 Å². The molecule has 0 saturated heterocycles. The molecule has 0 unspecified atom stereocenters. The zero-order valence-electron chi connectivity index (χ0n) is 11.3. The van der Waals surface area contributed by atoms with E-state index in [4.69, 9.17) is 22.6 Å². The van der Waals surface area contributed by atoms with E-state index in [1.807, 2.05) is 36.4 Å². The number of nitriles is 1. The van der Waals surface area contributed by atoms with E-state index in [9.17, 15) is 4.79 Å². The van der Waals surface area contributed by atoms with E-state index in [0.717, 1.165) is 5.56 Å². The summed E-state index contributed by atoms with van der Waals surface area (Å²) in [6.45, 7) is 0.332. The number of nitrogen functional groups attached to an aromatic ring is 1. The van der Waals surface area contributed by atoms with Crippen molar-refractivity contribution in [3.8, 4) is 6.07 Å². The zero-order chi connectivity index (χ0) is 15.2. The van der Waals surface area contributed by atoms with Gasteiger partial charge in [-0.25, -0.2) is 0 Å². The monoisotopic (exact) mass is 299 g/mol. The highest BCUT2D eigenvalue weighted by molar-refractivity contribution is 6.33. The van der Waals surface area contributed by atoms with Gasteiger partial charge in [0.25, 0.3) is 5.91 Å². The SMILES string of the molecule is N#CCN(Cc1ccccc1)C(=O)c1cccc(Cl)c1N. The van der Waals surface area contributed by atoms with Crippen molar-refractivity contribution in [2.45, 2.75) is 6.54 Å². The fourth-order valence-corrected chi connectivity index (χ4v) is 2.16. The highest BCUT2D eigenvalue weighted by Crippen LogP contribution is 2.24. The van der Waals surface area contributed by atoms with Gasteiger partial charge < -0.3 is 10.6 Å². The van der Waals surface area contributed by atoms with Gasteiger partial charge >= 0.3 is 0 Å². The van der Waals surface area contributed by atoms with Crippen LogP contribution in [0.3, 0.4) is 0 Å². The number of anilines is 1.